The molecular weight excluding hydrogens is 266 g/mol. The summed E-state index contributed by atoms with van der Waals surface area (Å²) in [4.78, 5) is 0. The summed E-state index contributed by atoms with van der Waals surface area (Å²) in [6.07, 6.45) is 2.75. The average Bonchev–Trinajstić information content (AvgIpc) is 2.75. The molecule has 2 fully saturated rings. The van der Waals surface area contributed by atoms with Crippen LogP contribution in [0.1, 0.15) is 26.2 Å². The fraction of sp³-hybridized carbons (Fsp3) is 1.00. The van der Waals surface area contributed by atoms with E-state index in [-0.39, 0.29) is 12.1 Å². The predicted octanol–water partition coefficient (Wildman–Crippen LogP) is -0.0704. The molecule has 19 heavy (non-hydrogen) atoms. The first-order valence-electron chi connectivity index (χ1n) is 7.06. The quantitative estimate of drug-likeness (QED) is 0.744. The molecule has 2 aliphatic rings. The van der Waals surface area contributed by atoms with E-state index in [4.69, 9.17) is 4.74 Å². The maximum Gasteiger partial charge on any atom is 0.279 e. The zero-order valence-corrected chi connectivity index (χ0v) is 12.6. The predicted molar refractivity (Wildman–Crippen MR) is 74.1 cm³/mol. The van der Waals surface area contributed by atoms with Gasteiger partial charge in [0.1, 0.15) is 0 Å². The Balaban J connectivity index is 1.94. The first kappa shape index (κ1) is 15.2. The molecule has 3 atom stereocenters. The van der Waals surface area contributed by atoms with Crippen molar-refractivity contribution in [3.8, 4) is 0 Å². The van der Waals surface area contributed by atoms with Crippen LogP contribution < -0.4 is 10.0 Å². The lowest BCUT2D eigenvalue weighted by molar-refractivity contribution is 0.116. The lowest BCUT2D eigenvalue weighted by Gasteiger charge is -2.32. The van der Waals surface area contributed by atoms with Crippen LogP contribution in [-0.4, -0.2) is 58.2 Å². The molecule has 2 rings (SSSR count). The van der Waals surface area contributed by atoms with Gasteiger partial charge in [0, 0.05) is 19.7 Å². The Labute approximate surface area is 116 Å². The minimum absolute atomic E-state index is 0.0346. The zero-order chi connectivity index (χ0) is 13.9. The standard InChI is InChI=1S/C12H25N3O3S/c1-10-12(5-7-18-10)14-19(16,17)15-6-3-4-11(9-15)8-13-2/h10-14H,3-9H2,1-2H3. The van der Waals surface area contributed by atoms with Gasteiger partial charge in [-0.3, -0.25) is 0 Å². The van der Waals surface area contributed by atoms with Crippen molar-refractivity contribution in [1.82, 2.24) is 14.3 Å². The van der Waals surface area contributed by atoms with Gasteiger partial charge >= 0.3 is 0 Å². The maximum absolute atomic E-state index is 12.4. The van der Waals surface area contributed by atoms with Crippen molar-refractivity contribution in [3.63, 3.8) is 0 Å². The first-order chi connectivity index (χ1) is 9.03. The summed E-state index contributed by atoms with van der Waals surface area (Å²) in [6, 6.07) is -0.0883. The molecule has 0 spiro atoms. The van der Waals surface area contributed by atoms with E-state index in [1.54, 1.807) is 4.31 Å². The first-order valence-corrected chi connectivity index (χ1v) is 8.50. The molecule has 6 nitrogen and oxygen atoms in total. The van der Waals surface area contributed by atoms with Gasteiger partial charge in [0.25, 0.3) is 10.2 Å². The summed E-state index contributed by atoms with van der Waals surface area (Å²) >= 11 is 0. The molecule has 0 aromatic rings. The van der Waals surface area contributed by atoms with Crippen LogP contribution in [0.3, 0.4) is 0 Å². The molecule has 0 amide bonds. The second kappa shape index (κ2) is 6.49. The van der Waals surface area contributed by atoms with Crippen LogP contribution in [0.25, 0.3) is 0 Å². The Morgan fingerprint density at radius 3 is 2.79 bits per heavy atom. The second-order valence-corrected chi connectivity index (χ2v) is 7.22. The van der Waals surface area contributed by atoms with Crippen LogP contribution in [0, 0.1) is 5.92 Å². The van der Waals surface area contributed by atoms with Crippen molar-refractivity contribution in [2.24, 2.45) is 5.92 Å². The van der Waals surface area contributed by atoms with Crippen molar-refractivity contribution in [3.05, 3.63) is 0 Å². The average molecular weight is 291 g/mol. The summed E-state index contributed by atoms with van der Waals surface area (Å²) in [5.74, 6) is 0.410. The summed E-state index contributed by atoms with van der Waals surface area (Å²) < 4.78 is 34.5. The van der Waals surface area contributed by atoms with Gasteiger partial charge in [-0.15, -0.1) is 0 Å². The lowest BCUT2D eigenvalue weighted by atomic mass is 10.00. The Morgan fingerprint density at radius 2 is 2.16 bits per heavy atom. The Bertz CT molecular complexity index is 386. The number of rotatable bonds is 5. The zero-order valence-electron chi connectivity index (χ0n) is 11.8. The van der Waals surface area contributed by atoms with Crippen LogP contribution in [0.2, 0.25) is 0 Å². The van der Waals surface area contributed by atoms with Crippen LogP contribution >= 0.6 is 0 Å². The third-order valence-corrected chi connectivity index (χ3v) is 5.60. The van der Waals surface area contributed by atoms with Crippen molar-refractivity contribution < 1.29 is 13.2 Å². The summed E-state index contributed by atoms with van der Waals surface area (Å²) in [5.41, 5.74) is 0. The highest BCUT2D eigenvalue weighted by Gasteiger charge is 2.33. The molecule has 0 saturated carbocycles. The summed E-state index contributed by atoms with van der Waals surface area (Å²) in [7, 11) is -1.47. The lowest BCUT2D eigenvalue weighted by Crippen LogP contribution is -2.51. The number of hydrogen-bond acceptors (Lipinski definition) is 4. The van der Waals surface area contributed by atoms with E-state index >= 15 is 0 Å². The number of piperidine rings is 1. The molecule has 0 bridgehead atoms. The molecule has 2 N–H and O–H groups in total. The highest BCUT2D eigenvalue weighted by molar-refractivity contribution is 7.87. The molecule has 0 aliphatic carbocycles. The van der Waals surface area contributed by atoms with E-state index in [1.807, 2.05) is 14.0 Å². The highest BCUT2D eigenvalue weighted by atomic mass is 32.2. The fourth-order valence-electron chi connectivity index (χ4n) is 2.85. The minimum Gasteiger partial charge on any atom is -0.377 e. The third kappa shape index (κ3) is 3.88. The number of ether oxygens (including phenoxy) is 1. The number of hydrogen-bond donors (Lipinski definition) is 2. The van der Waals surface area contributed by atoms with E-state index in [2.05, 4.69) is 10.0 Å². The van der Waals surface area contributed by atoms with Gasteiger partial charge in [0.15, 0.2) is 0 Å². The van der Waals surface area contributed by atoms with Gasteiger partial charge in [-0.05, 0) is 45.7 Å². The fourth-order valence-corrected chi connectivity index (χ4v) is 4.47. The van der Waals surface area contributed by atoms with Crippen molar-refractivity contribution in [2.75, 3.05) is 33.3 Å². The van der Waals surface area contributed by atoms with E-state index in [0.717, 1.165) is 25.8 Å². The monoisotopic (exact) mass is 291 g/mol. The van der Waals surface area contributed by atoms with Gasteiger partial charge in [-0.1, -0.05) is 0 Å². The molecule has 3 unspecified atom stereocenters. The SMILES string of the molecule is CNCC1CCCN(S(=O)(=O)NC2CCOC2C)C1. The Kier molecular flexibility index (Phi) is 5.19. The van der Waals surface area contributed by atoms with Gasteiger partial charge in [0.2, 0.25) is 0 Å². The van der Waals surface area contributed by atoms with Crippen LogP contribution in [0.5, 0.6) is 0 Å². The maximum atomic E-state index is 12.4. The molecule has 0 aromatic carbocycles. The molecule has 2 saturated heterocycles. The molecule has 0 aromatic heterocycles. The van der Waals surface area contributed by atoms with Crippen molar-refractivity contribution >= 4 is 10.2 Å². The Hall–Kier alpha value is -0.210. The van der Waals surface area contributed by atoms with Gasteiger partial charge < -0.3 is 10.1 Å². The Morgan fingerprint density at radius 1 is 1.37 bits per heavy atom. The minimum atomic E-state index is -3.38. The highest BCUT2D eigenvalue weighted by Crippen LogP contribution is 2.20. The largest absolute Gasteiger partial charge is 0.377 e. The van der Waals surface area contributed by atoms with Gasteiger partial charge in [-0.2, -0.15) is 17.4 Å². The summed E-state index contributed by atoms with van der Waals surface area (Å²) in [5, 5.41) is 3.13. The van der Waals surface area contributed by atoms with E-state index < -0.39 is 10.2 Å². The van der Waals surface area contributed by atoms with Gasteiger partial charge in [0.05, 0.1) is 12.1 Å². The van der Waals surface area contributed by atoms with Gasteiger partial charge in [-0.25, -0.2) is 0 Å². The van der Waals surface area contributed by atoms with Crippen LogP contribution in [0.4, 0.5) is 0 Å². The topological polar surface area (TPSA) is 70.7 Å². The number of nitrogens with one attached hydrogen (secondary N) is 2. The van der Waals surface area contributed by atoms with E-state index in [1.165, 1.54) is 0 Å². The van der Waals surface area contributed by atoms with Crippen molar-refractivity contribution in [1.29, 1.82) is 0 Å². The smallest absolute Gasteiger partial charge is 0.279 e. The third-order valence-electron chi connectivity index (χ3n) is 3.99. The summed E-state index contributed by atoms with van der Waals surface area (Å²) in [6.45, 7) is 4.65. The second-order valence-electron chi connectivity index (χ2n) is 5.52. The molecule has 112 valence electrons. The molecule has 2 aliphatic heterocycles. The molecule has 2 heterocycles. The van der Waals surface area contributed by atoms with E-state index in [0.29, 0.717) is 25.6 Å². The molecular formula is C12H25N3O3S. The van der Waals surface area contributed by atoms with Crippen molar-refractivity contribution in [2.45, 2.75) is 38.3 Å². The van der Waals surface area contributed by atoms with E-state index in [9.17, 15) is 8.42 Å². The van der Waals surface area contributed by atoms with Crippen LogP contribution in [-0.2, 0) is 14.9 Å². The molecule has 0 radical (unpaired) electrons. The van der Waals surface area contributed by atoms with Crippen LogP contribution in [0.15, 0.2) is 0 Å². The molecule has 7 heteroatoms. The number of nitrogens with zero attached hydrogens (tertiary/aromatic N) is 1. The normalized spacial score (nSPS) is 33.7.